The van der Waals surface area contributed by atoms with Gasteiger partial charge in [0.05, 0.1) is 11.4 Å². The lowest BCUT2D eigenvalue weighted by Crippen LogP contribution is -2.14. The van der Waals surface area contributed by atoms with E-state index in [2.05, 4.69) is 190 Å². The highest BCUT2D eigenvalue weighted by Gasteiger charge is 2.35. The van der Waals surface area contributed by atoms with E-state index in [0.29, 0.717) is 0 Å². The number of rotatable bonds is 5. The van der Waals surface area contributed by atoms with Crippen molar-refractivity contribution < 1.29 is 0 Å². The summed E-state index contributed by atoms with van der Waals surface area (Å²) in [5.41, 5.74) is 15.3. The predicted octanol–water partition coefficient (Wildman–Crippen LogP) is 13.4. The fraction of sp³-hybridized carbons (Fsp3) is 0.0588. The summed E-state index contributed by atoms with van der Waals surface area (Å²) >= 11 is 0. The van der Waals surface area contributed by atoms with Crippen molar-refractivity contribution in [2.45, 2.75) is 19.3 Å². The molecule has 0 saturated carbocycles. The van der Waals surface area contributed by atoms with Crippen LogP contribution in [0.3, 0.4) is 0 Å². The monoisotopic (exact) mass is 676 g/mol. The first kappa shape index (κ1) is 31.1. The van der Waals surface area contributed by atoms with Crippen LogP contribution in [-0.4, -0.2) is 9.97 Å². The van der Waals surface area contributed by atoms with Gasteiger partial charge in [0.25, 0.3) is 0 Å². The molecule has 0 bridgehead atoms. The molecule has 10 rings (SSSR count). The van der Waals surface area contributed by atoms with Gasteiger partial charge in [0, 0.05) is 22.1 Å². The van der Waals surface area contributed by atoms with Crippen molar-refractivity contribution in [3.63, 3.8) is 0 Å². The highest BCUT2D eigenvalue weighted by Crippen LogP contribution is 2.49. The standard InChI is InChI=1S/C51H36N2/c1-51(2)46-25-11-10-23-42(46)45-31-36(26-29-47(45)51)35-18-12-19-37(30-35)39-27-28-43(41-22-9-8-21-40(39)41)49-32-48(34-15-4-3-5-16-34)52-50(53-49)44-24-13-17-33-14-6-7-20-38(33)44/h3-32H,1-2H3. The average Bonchev–Trinajstić information content (AvgIpc) is 3.45. The molecule has 0 fully saturated rings. The van der Waals surface area contributed by atoms with Crippen molar-refractivity contribution in [3.8, 4) is 67.3 Å². The molecular formula is C51H36N2. The van der Waals surface area contributed by atoms with Gasteiger partial charge < -0.3 is 0 Å². The predicted molar refractivity (Wildman–Crippen MR) is 222 cm³/mol. The van der Waals surface area contributed by atoms with E-state index in [9.17, 15) is 0 Å². The van der Waals surface area contributed by atoms with Crippen LogP contribution in [0.25, 0.3) is 88.8 Å². The topological polar surface area (TPSA) is 25.8 Å². The second kappa shape index (κ2) is 12.3. The van der Waals surface area contributed by atoms with Crippen LogP contribution in [0.4, 0.5) is 0 Å². The fourth-order valence-corrected chi connectivity index (χ4v) is 8.42. The summed E-state index contributed by atoms with van der Waals surface area (Å²) in [6, 6.07) is 65.4. The van der Waals surface area contributed by atoms with E-state index < -0.39 is 0 Å². The molecule has 1 heterocycles. The molecule has 53 heavy (non-hydrogen) atoms. The van der Waals surface area contributed by atoms with E-state index >= 15 is 0 Å². The van der Waals surface area contributed by atoms with Gasteiger partial charge in [-0.25, -0.2) is 9.97 Å². The van der Waals surface area contributed by atoms with Crippen molar-refractivity contribution >= 4 is 21.5 Å². The number of hydrogen-bond donors (Lipinski definition) is 0. The zero-order valence-electron chi connectivity index (χ0n) is 29.7. The molecule has 0 amide bonds. The van der Waals surface area contributed by atoms with E-state index in [0.717, 1.165) is 44.7 Å². The molecule has 9 aromatic rings. The maximum atomic E-state index is 5.30. The number of fused-ring (bicyclic) bond motifs is 5. The number of benzene rings is 8. The van der Waals surface area contributed by atoms with Gasteiger partial charge in [0.1, 0.15) is 0 Å². The van der Waals surface area contributed by atoms with Gasteiger partial charge in [0.15, 0.2) is 5.82 Å². The smallest absolute Gasteiger partial charge is 0.161 e. The molecule has 1 aliphatic rings. The summed E-state index contributed by atoms with van der Waals surface area (Å²) in [6.45, 7) is 4.67. The Hall–Kier alpha value is -6.64. The van der Waals surface area contributed by atoms with Crippen LogP contribution in [-0.2, 0) is 5.41 Å². The van der Waals surface area contributed by atoms with Gasteiger partial charge >= 0.3 is 0 Å². The second-order valence-corrected chi connectivity index (χ2v) is 14.6. The lowest BCUT2D eigenvalue weighted by molar-refractivity contribution is 0.660. The van der Waals surface area contributed by atoms with E-state index in [1.807, 2.05) is 6.07 Å². The number of hydrogen-bond acceptors (Lipinski definition) is 2. The van der Waals surface area contributed by atoms with Gasteiger partial charge in [-0.15, -0.1) is 0 Å². The first-order valence-corrected chi connectivity index (χ1v) is 18.3. The van der Waals surface area contributed by atoms with Crippen LogP contribution in [0.15, 0.2) is 182 Å². The van der Waals surface area contributed by atoms with Gasteiger partial charge in [0.2, 0.25) is 0 Å². The Morgan fingerprint density at radius 3 is 1.79 bits per heavy atom. The first-order valence-electron chi connectivity index (χ1n) is 18.3. The molecule has 2 heteroatoms. The summed E-state index contributed by atoms with van der Waals surface area (Å²) in [7, 11) is 0. The number of nitrogens with zero attached hydrogens (tertiary/aromatic N) is 2. The third-order valence-corrected chi connectivity index (χ3v) is 11.1. The van der Waals surface area contributed by atoms with Gasteiger partial charge in [-0.1, -0.05) is 178 Å². The quantitative estimate of drug-likeness (QED) is 0.181. The maximum absolute atomic E-state index is 5.30. The van der Waals surface area contributed by atoms with E-state index in [-0.39, 0.29) is 5.41 Å². The highest BCUT2D eigenvalue weighted by molar-refractivity contribution is 6.05. The normalized spacial score (nSPS) is 12.9. The Morgan fingerprint density at radius 2 is 0.925 bits per heavy atom. The van der Waals surface area contributed by atoms with Crippen molar-refractivity contribution in [2.75, 3.05) is 0 Å². The zero-order chi connectivity index (χ0) is 35.5. The summed E-state index contributed by atoms with van der Waals surface area (Å²) in [5.74, 6) is 0.722. The Balaban J connectivity index is 1.11. The summed E-state index contributed by atoms with van der Waals surface area (Å²) in [5, 5.41) is 4.67. The summed E-state index contributed by atoms with van der Waals surface area (Å²) in [4.78, 5) is 10.5. The Morgan fingerprint density at radius 1 is 0.340 bits per heavy atom. The van der Waals surface area contributed by atoms with Crippen molar-refractivity contribution in [2.24, 2.45) is 0 Å². The third kappa shape index (κ3) is 5.18. The summed E-state index contributed by atoms with van der Waals surface area (Å²) in [6.07, 6.45) is 0. The van der Waals surface area contributed by atoms with Crippen LogP contribution in [0, 0.1) is 0 Å². The van der Waals surface area contributed by atoms with Gasteiger partial charge in [-0.2, -0.15) is 0 Å². The van der Waals surface area contributed by atoms with E-state index in [1.165, 1.54) is 55.3 Å². The minimum Gasteiger partial charge on any atom is -0.228 e. The summed E-state index contributed by atoms with van der Waals surface area (Å²) < 4.78 is 0. The van der Waals surface area contributed by atoms with E-state index in [4.69, 9.17) is 9.97 Å². The zero-order valence-corrected chi connectivity index (χ0v) is 29.7. The fourth-order valence-electron chi connectivity index (χ4n) is 8.42. The second-order valence-electron chi connectivity index (χ2n) is 14.6. The Kier molecular flexibility index (Phi) is 7.19. The van der Waals surface area contributed by atoms with Crippen molar-refractivity contribution in [3.05, 3.63) is 193 Å². The van der Waals surface area contributed by atoms with Crippen LogP contribution in [0.5, 0.6) is 0 Å². The lowest BCUT2D eigenvalue weighted by atomic mass is 9.82. The van der Waals surface area contributed by atoms with Gasteiger partial charge in [-0.05, 0) is 84.3 Å². The molecule has 0 radical (unpaired) electrons. The Labute approximate surface area is 310 Å². The van der Waals surface area contributed by atoms with Crippen LogP contribution >= 0.6 is 0 Å². The lowest BCUT2D eigenvalue weighted by Gasteiger charge is -2.21. The third-order valence-electron chi connectivity index (χ3n) is 11.1. The molecule has 1 aromatic heterocycles. The van der Waals surface area contributed by atoms with Crippen LogP contribution in [0.2, 0.25) is 0 Å². The number of aromatic nitrogens is 2. The largest absolute Gasteiger partial charge is 0.228 e. The molecule has 0 unspecified atom stereocenters. The minimum absolute atomic E-state index is 0.00581. The molecular weight excluding hydrogens is 641 g/mol. The van der Waals surface area contributed by atoms with Crippen molar-refractivity contribution in [1.29, 1.82) is 0 Å². The molecule has 1 aliphatic carbocycles. The van der Waals surface area contributed by atoms with Crippen LogP contribution < -0.4 is 0 Å². The molecule has 0 spiro atoms. The molecule has 2 nitrogen and oxygen atoms in total. The van der Waals surface area contributed by atoms with Crippen LogP contribution in [0.1, 0.15) is 25.0 Å². The molecule has 250 valence electrons. The highest BCUT2D eigenvalue weighted by atomic mass is 14.9. The molecule has 8 aromatic carbocycles. The van der Waals surface area contributed by atoms with Crippen molar-refractivity contribution in [1.82, 2.24) is 9.97 Å². The average molecular weight is 677 g/mol. The Bertz CT molecular complexity index is 2860. The van der Waals surface area contributed by atoms with E-state index in [1.54, 1.807) is 0 Å². The molecule has 0 aliphatic heterocycles. The molecule has 0 atom stereocenters. The SMILES string of the molecule is CC1(C)c2ccccc2-c2cc(-c3cccc(-c4ccc(-c5cc(-c6ccccc6)nc(-c6cccc7ccccc67)n5)c5ccccc45)c3)ccc21. The minimum atomic E-state index is -0.00581. The molecule has 0 saturated heterocycles. The maximum Gasteiger partial charge on any atom is 0.161 e. The molecule has 0 N–H and O–H groups in total. The van der Waals surface area contributed by atoms with Gasteiger partial charge in [-0.3, -0.25) is 0 Å². The first-order chi connectivity index (χ1) is 26.0.